The van der Waals surface area contributed by atoms with Crippen molar-refractivity contribution in [2.75, 3.05) is 7.05 Å². The summed E-state index contributed by atoms with van der Waals surface area (Å²) in [6, 6.07) is 11.7. The largest absolute Gasteiger partial charge is 0.336 e. The van der Waals surface area contributed by atoms with Gasteiger partial charge in [-0.15, -0.1) is 24.8 Å². The molecule has 118 valence electrons. The summed E-state index contributed by atoms with van der Waals surface area (Å²) in [5.41, 5.74) is 4.15. The van der Waals surface area contributed by atoms with E-state index in [1.165, 1.54) is 11.1 Å². The number of nitrogens with one attached hydrogen (secondary N) is 1. The minimum atomic E-state index is 0. The van der Waals surface area contributed by atoms with Crippen LogP contribution in [0, 0.1) is 0 Å². The Morgan fingerprint density at radius 2 is 1.95 bits per heavy atom. The van der Waals surface area contributed by atoms with Crippen molar-refractivity contribution in [3.63, 3.8) is 0 Å². The van der Waals surface area contributed by atoms with Gasteiger partial charge in [0, 0.05) is 31.9 Å². The van der Waals surface area contributed by atoms with E-state index in [0.29, 0.717) is 6.54 Å². The zero-order chi connectivity index (χ0) is 13.9. The lowest BCUT2D eigenvalue weighted by Gasteiger charge is -2.17. The standard InChI is InChI=1S/C16H17N3O.2ClH/c1-19(11-15-4-2-3-7-18-15)16(20)12-5-6-13-9-17-10-14(13)8-12;;/h2-8,17H,9-11H2,1H3;2*1H. The van der Waals surface area contributed by atoms with E-state index < -0.39 is 0 Å². The maximum atomic E-state index is 12.4. The third-order valence-corrected chi connectivity index (χ3v) is 3.56. The molecule has 6 heteroatoms. The molecular formula is C16H19Cl2N3O. The molecule has 0 saturated heterocycles. The van der Waals surface area contributed by atoms with Crippen LogP contribution in [0.2, 0.25) is 0 Å². The molecule has 1 aromatic heterocycles. The fourth-order valence-corrected chi connectivity index (χ4v) is 2.45. The van der Waals surface area contributed by atoms with Crippen LogP contribution in [-0.4, -0.2) is 22.8 Å². The van der Waals surface area contributed by atoms with E-state index in [9.17, 15) is 4.79 Å². The number of fused-ring (bicyclic) bond motifs is 1. The summed E-state index contributed by atoms with van der Waals surface area (Å²) in [7, 11) is 1.81. The topological polar surface area (TPSA) is 45.2 Å². The van der Waals surface area contributed by atoms with Crippen LogP contribution in [0.4, 0.5) is 0 Å². The molecule has 0 aliphatic carbocycles. The number of amides is 1. The van der Waals surface area contributed by atoms with Gasteiger partial charge in [0.05, 0.1) is 12.2 Å². The number of nitrogens with zero attached hydrogens (tertiary/aromatic N) is 2. The second-order valence-electron chi connectivity index (χ2n) is 5.07. The molecule has 0 bridgehead atoms. The molecule has 1 aromatic carbocycles. The number of halogens is 2. The summed E-state index contributed by atoms with van der Waals surface area (Å²) in [5.74, 6) is 0.0327. The summed E-state index contributed by atoms with van der Waals surface area (Å²) in [6.07, 6.45) is 1.74. The number of pyridine rings is 1. The Morgan fingerprint density at radius 3 is 2.68 bits per heavy atom. The summed E-state index contributed by atoms with van der Waals surface area (Å²) >= 11 is 0. The van der Waals surface area contributed by atoms with Gasteiger partial charge < -0.3 is 10.2 Å². The maximum absolute atomic E-state index is 12.4. The molecule has 2 aromatic rings. The van der Waals surface area contributed by atoms with Crippen molar-refractivity contribution < 1.29 is 4.79 Å². The van der Waals surface area contributed by atoms with Gasteiger partial charge in [-0.3, -0.25) is 9.78 Å². The molecule has 1 N–H and O–H groups in total. The van der Waals surface area contributed by atoms with Gasteiger partial charge in [-0.05, 0) is 35.4 Å². The van der Waals surface area contributed by atoms with Crippen molar-refractivity contribution in [3.8, 4) is 0 Å². The van der Waals surface area contributed by atoms with Crippen molar-refractivity contribution in [2.24, 2.45) is 0 Å². The molecule has 1 amide bonds. The molecule has 4 nitrogen and oxygen atoms in total. The predicted molar refractivity (Wildman–Crippen MR) is 91.5 cm³/mol. The summed E-state index contributed by atoms with van der Waals surface area (Å²) < 4.78 is 0. The molecule has 1 aliphatic rings. The van der Waals surface area contributed by atoms with Crippen LogP contribution in [0.25, 0.3) is 0 Å². The van der Waals surface area contributed by atoms with E-state index >= 15 is 0 Å². The predicted octanol–water partition coefficient (Wildman–Crippen LogP) is 2.80. The fourth-order valence-electron chi connectivity index (χ4n) is 2.45. The highest BCUT2D eigenvalue weighted by molar-refractivity contribution is 5.94. The van der Waals surface area contributed by atoms with Gasteiger partial charge in [0.15, 0.2) is 0 Å². The molecule has 1 aliphatic heterocycles. The highest BCUT2D eigenvalue weighted by Crippen LogP contribution is 2.18. The average molecular weight is 340 g/mol. The van der Waals surface area contributed by atoms with Crippen LogP contribution in [0.5, 0.6) is 0 Å². The highest BCUT2D eigenvalue weighted by Gasteiger charge is 2.16. The maximum Gasteiger partial charge on any atom is 0.253 e. The molecule has 0 fully saturated rings. The van der Waals surface area contributed by atoms with Crippen molar-refractivity contribution in [3.05, 3.63) is 65.0 Å². The smallest absolute Gasteiger partial charge is 0.253 e. The van der Waals surface area contributed by atoms with Crippen molar-refractivity contribution in [1.82, 2.24) is 15.2 Å². The zero-order valence-electron chi connectivity index (χ0n) is 12.3. The van der Waals surface area contributed by atoms with Crippen LogP contribution >= 0.6 is 24.8 Å². The molecule has 3 rings (SSSR count). The van der Waals surface area contributed by atoms with Gasteiger partial charge in [-0.1, -0.05) is 12.1 Å². The lowest BCUT2D eigenvalue weighted by atomic mass is 10.1. The number of benzene rings is 1. The minimum Gasteiger partial charge on any atom is -0.336 e. The van der Waals surface area contributed by atoms with E-state index in [-0.39, 0.29) is 30.7 Å². The fraction of sp³-hybridized carbons (Fsp3) is 0.250. The summed E-state index contributed by atoms with van der Waals surface area (Å²) in [6.45, 7) is 2.27. The third-order valence-electron chi connectivity index (χ3n) is 3.56. The van der Waals surface area contributed by atoms with Crippen molar-refractivity contribution >= 4 is 30.7 Å². The molecular weight excluding hydrogens is 321 g/mol. The average Bonchev–Trinajstić information content (AvgIpc) is 2.94. The molecule has 0 unspecified atom stereocenters. The molecule has 0 saturated carbocycles. The lowest BCUT2D eigenvalue weighted by Crippen LogP contribution is -2.26. The van der Waals surface area contributed by atoms with Gasteiger partial charge >= 0.3 is 0 Å². The van der Waals surface area contributed by atoms with E-state index in [4.69, 9.17) is 0 Å². The van der Waals surface area contributed by atoms with Gasteiger partial charge in [-0.25, -0.2) is 0 Å². The van der Waals surface area contributed by atoms with E-state index in [0.717, 1.165) is 24.3 Å². The first-order valence-corrected chi connectivity index (χ1v) is 6.72. The molecule has 0 atom stereocenters. The zero-order valence-corrected chi connectivity index (χ0v) is 13.9. The van der Waals surface area contributed by atoms with E-state index in [1.807, 2.05) is 43.4 Å². The number of carbonyl (C=O) groups is 1. The summed E-state index contributed by atoms with van der Waals surface area (Å²) in [4.78, 5) is 18.4. The Labute approximate surface area is 142 Å². The van der Waals surface area contributed by atoms with E-state index in [1.54, 1.807) is 11.1 Å². The molecule has 2 heterocycles. The Morgan fingerprint density at radius 1 is 1.18 bits per heavy atom. The second-order valence-corrected chi connectivity index (χ2v) is 5.07. The van der Waals surface area contributed by atoms with Crippen LogP contribution in [0.15, 0.2) is 42.6 Å². The Balaban J connectivity index is 0.00000121. The van der Waals surface area contributed by atoms with Crippen LogP contribution in [-0.2, 0) is 19.6 Å². The number of hydrogen-bond acceptors (Lipinski definition) is 3. The quantitative estimate of drug-likeness (QED) is 0.935. The normalized spacial score (nSPS) is 11.9. The number of rotatable bonds is 3. The van der Waals surface area contributed by atoms with Crippen LogP contribution < -0.4 is 5.32 Å². The Bertz CT molecular complexity index is 635. The van der Waals surface area contributed by atoms with Crippen LogP contribution in [0.1, 0.15) is 27.2 Å². The SMILES string of the molecule is CN(Cc1ccccn1)C(=O)c1ccc2c(c1)CNC2.Cl.Cl. The number of aromatic nitrogens is 1. The number of carbonyl (C=O) groups excluding carboxylic acids is 1. The highest BCUT2D eigenvalue weighted by atomic mass is 35.5. The van der Waals surface area contributed by atoms with Crippen LogP contribution in [0.3, 0.4) is 0 Å². The monoisotopic (exact) mass is 339 g/mol. The van der Waals surface area contributed by atoms with Gasteiger partial charge in [0.2, 0.25) is 0 Å². The first-order chi connectivity index (χ1) is 9.74. The van der Waals surface area contributed by atoms with Gasteiger partial charge in [0.1, 0.15) is 0 Å². The van der Waals surface area contributed by atoms with Crippen molar-refractivity contribution in [2.45, 2.75) is 19.6 Å². The van der Waals surface area contributed by atoms with E-state index in [2.05, 4.69) is 10.3 Å². The van der Waals surface area contributed by atoms with Crippen molar-refractivity contribution in [1.29, 1.82) is 0 Å². The first kappa shape index (κ1) is 18.4. The Kier molecular flexibility index (Phi) is 6.81. The lowest BCUT2D eigenvalue weighted by molar-refractivity contribution is 0.0783. The molecule has 0 spiro atoms. The molecule has 0 radical (unpaired) electrons. The minimum absolute atomic E-state index is 0. The Hall–Kier alpha value is -1.62. The third kappa shape index (κ3) is 3.97. The molecule has 22 heavy (non-hydrogen) atoms. The van der Waals surface area contributed by atoms with Gasteiger partial charge in [0.25, 0.3) is 5.91 Å². The summed E-state index contributed by atoms with van der Waals surface area (Å²) in [5, 5.41) is 3.29. The number of hydrogen-bond donors (Lipinski definition) is 1. The first-order valence-electron chi connectivity index (χ1n) is 6.72. The van der Waals surface area contributed by atoms with Gasteiger partial charge in [-0.2, -0.15) is 0 Å². The second kappa shape index (κ2) is 8.13.